The van der Waals surface area contributed by atoms with Gasteiger partial charge in [0.2, 0.25) is 5.91 Å². The quantitative estimate of drug-likeness (QED) is 0.778. The van der Waals surface area contributed by atoms with Gasteiger partial charge in [0.15, 0.2) is 11.5 Å². The minimum absolute atomic E-state index is 0.376. The average molecular weight is 372 g/mol. The number of carbonyl (C=O) groups excluding carboxylic acids is 2. The van der Waals surface area contributed by atoms with E-state index in [9.17, 15) is 22.8 Å². The number of alkyl halides is 3. The largest absolute Gasteiger partial charge is 0.493 e. The molecule has 6 nitrogen and oxygen atoms in total. The first-order valence-corrected chi connectivity index (χ1v) is 7.84. The van der Waals surface area contributed by atoms with Crippen molar-refractivity contribution in [3.8, 4) is 11.5 Å². The normalized spacial score (nSPS) is 17.4. The van der Waals surface area contributed by atoms with Gasteiger partial charge in [-0.1, -0.05) is 0 Å². The van der Waals surface area contributed by atoms with Crippen molar-refractivity contribution < 1.29 is 32.2 Å². The van der Waals surface area contributed by atoms with Crippen molar-refractivity contribution in [2.24, 2.45) is 0 Å². The van der Waals surface area contributed by atoms with Crippen molar-refractivity contribution in [1.29, 1.82) is 0 Å². The van der Waals surface area contributed by atoms with Gasteiger partial charge in [0.25, 0.3) is 5.78 Å². The number of hydrogen-bond donors (Lipinski definition) is 1. The number of amides is 1. The predicted molar refractivity (Wildman–Crippen MR) is 88.1 cm³/mol. The van der Waals surface area contributed by atoms with Gasteiger partial charge in [-0.05, 0) is 25.0 Å². The summed E-state index contributed by atoms with van der Waals surface area (Å²) in [5, 5.41) is 2.70. The SMILES string of the molecule is COc1ccc(NC(=O)C2CCCN2/C=C/C(=O)C(F)(F)F)cc1OC. The second-order valence-corrected chi connectivity index (χ2v) is 5.63. The highest BCUT2D eigenvalue weighted by atomic mass is 19.4. The number of likely N-dealkylation sites (tertiary alicyclic amines) is 1. The number of nitrogens with zero attached hydrogens (tertiary/aromatic N) is 1. The van der Waals surface area contributed by atoms with Crippen LogP contribution in [0.4, 0.5) is 18.9 Å². The first-order valence-electron chi connectivity index (χ1n) is 7.84. The lowest BCUT2D eigenvalue weighted by Gasteiger charge is -2.22. The molecule has 142 valence electrons. The molecule has 0 aromatic heterocycles. The van der Waals surface area contributed by atoms with Gasteiger partial charge in [0, 0.05) is 30.6 Å². The summed E-state index contributed by atoms with van der Waals surface area (Å²) < 4.78 is 47.1. The van der Waals surface area contributed by atoms with Crippen LogP contribution in [-0.2, 0) is 9.59 Å². The van der Waals surface area contributed by atoms with Gasteiger partial charge in [-0.3, -0.25) is 9.59 Å². The molecule has 1 atom stereocenters. The molecular weight excluding hydrogens is 353 g/mol. The van der Waals surface area contributed by atoms with E-state index in [0.717, 1.165) is 6.20 Å². The number of rotatable bonds is 6. The molecule has 0 spiro atoms. The molecule has 1 aromatic rings. The molecule has 1 aliphatic heterocycles. The van der Waals surface area contributed by atoms with Crippen LogP contribution in [0.5, 0.6) is 11.5 Å². The molecule has 0 saturated carbocycles. The highest BCUT2D eigenvalue weighted by molar-refractivity contribution is 5.96. The summed E-state index contributed by atoms with van der Waals surface area (Å²) in [7, 11) is 2.95. The Kier molecular flexibility index (Phi) is 6.12. The first-order chi connectivity index (χ1) is 12.3. The molecular formula is C17H19F3N2O4. The van der Waals surface area contributed by atoms with Crippen LogP contribution >= 0.6 is 0 Å². The van der Waals surface area contributed by atoms with Gasteiger partial charge in [-0.2, -0.15) is 13.2 Å². The Labute approximate surface area is 148 Å². The zero-order chi connectivity index (χ0) is 19.3. The molecule has 1 amide bonds. The summed E-state index contributed by atoms with van der Waals surface area (Å²) in [5.74, 6) is -1.40. The fourth-order valence-corrected chi connectivity index (χ4v) is 2.65. The molecule has 2 rings (SSSR count). The molecule has 0 aliphatic carbocycles. The van der Waals surface area contributed by atoms with Gasteiger partial charge in [0.05, 0.1) is 14.2 Å². The molecule has 1 heterocycles. The van der Waals surface area contributed by atoms with Crippen LogP contribution in [0.25, 0.3) is 0 Å². The van der Waals surface area contributed by atoms with Crippen molar-refractivity contribution in [1.82, 2.24) is 4.90 Å². The van der Waals surface area contributed by atoms with E-state index in [0.29, 0.717) is 42.6 Å². The number of anilines is 1. The molecule has 1 fully saturated rings. The molecule has 1 unspecified atom stereocenters. The van der Waals surface area contributed by atoms with E-state index in [-0.39, 0.29) is 5.91 Å². The first kappa shape index (κ1) is 19.6. The van der Waals surface area contributed by atoms with E-state index < -0.39 is 18.0 Å². The summed E-state index contributed by atoms with van der Waals surface area (Å²) in [4.78, 5) is 24.8. The lowest BCUT2D eigenvalue weighted by Crippen LogP contribution is -2.36. The summed E-state index contributed by atoms with van der Waals surface area (Å²) in [5.41, 5.74) is 0.467. The van der Waals surface area contributed by atoms with Crippen LogP contribution in [0.3, 0.4) is 0 Å². The topological polar surface area (TPSA) is 67.9 Å². The van der Waals surface area contributed by atoms with E-state index in [1.807, 2.05) is 0 Å². The number of allylic oxidation sites excluding steroid dienone is 1. The monoisotopic (exact) mass is 372 g/mol. The number of ether oxygens (including phenoxy) is 2. The summed E-state index contributed by atoms with van der Waals surface area (Å²) in [6, 6.07) is 4.18. The number of halogens is 3. The Balaban J connectivity index is 2.06. The van der Waals surface area contributed by atoms with Crippen LogP contribution in [0.15, 0.2) is 30.5 Å². The molecule has 1 aliphatic rings. The average Bonchev–Trinajstić information content (AvgIpc) is 3.07. The fourth-order valence-electron chi connectivity index (χ4n) is 2.65. The van der Waals surface area contributed by atoms with Gasteiger partial charge in [-0.25, -0.2) is 0 Å². The van der Waals surface area contributed by atoms with Crippen molar-refractivity contribution in [3.05, 3.63) is 30.5 Å². The van der Waals surface area contributed by atoms with Gasteiger partial charge in [0.1, 0.15) is 6.04 Å². The van der Waals surface area contributed by atoms with Crippen molar-refractivity contribution in [3.63, 3.8) is 0 Å². The van der Waals surface area contributed by atoms with Crippen LogP contribution in [0.1, 0.15) is 12.8 Å². The third-order valence-electron chi connectivity index (χ3n) is 3.94. The number of ketones is 1. The van der Waals surface area contributed by atoms with E-state index in [2.05, 4.69) is 5.32 Å². The smallest absolute Gasteiger partial charge is 0.454 e. The summed E-state index contributed by atoms with van der Waals surface area (Å²) >= 11 is 0. The van der Waals surface area contributed by atoms with Crippen LogP contribution in [-0.4, -0.2) is 49.6 Å². The number of benzene rings is 1. The van der Waals surface area contributed by atoms with Crippen LogP contribution in [0.2, 0.25) is 0 Å². The Morgan fingerprint density at radius 2 is 1.92 bits per heavy atom. The lowest BCUT2D eigenvalue weighted by atomic mass is 10.2. The maximum absolute atomic E-state index is 12.5. The predicted octanol–water partition coefficient (Wildman–Crippen LogP) is 2.75. The third-order valence-corrected chi connectivity index (χ3v) is 3.94. The van der Waals surface area contributed by atoms with Crippen molar-refractivity contribution in [2.45, 2.75) is 25.1 Å². The molecule has 0 radical (unpaired) electrons. The van der Waals surface area contributed by atoms with E-state index in [1.54, 1.807) is 18.2 Å². The second-order valence-electron chi connectivity index (χ2n) is 5.63. The van der Waals surface area contributed by atoms with Gasteiger partial charge >= 0.3 is 6.18 Å². The van der Waals surface area contributed by atoms with Crippen molar-refractivity contribution in [2.75, 3.05) is 26.1 Å². The Morgan fingerprint density at radius 3 is 2.54 bits per heavy atom. The highest BCUT2D eigenvalue weighted by Gasteiger charge is 2.37. The lowest BCUT2D eigenvalue weighted by molar-refractivity contribution is -0.165. The molecule has 9 heteroatoms. The molecule has 1 N–H and O–H groups in total. The Bertz CT molecular complexity index is 704. The standard InChI is InChI=1S/C17H19F3N2O4/c1-25-13-6-5-11(10-14(13)26-2)21-16(24)12-4-3-8-22(12)9-7-15(23)17(18,19)20/h5-7,9-10,12H,3-4,8H2,1-2H3,(H,21,24)/b9-7+. The number of carbonyl (C=O) groups is 2. The van der Waals surface area contributed by atoms with Crippen LogP contribution in [0, 0.1) is 0 Å². The zero-order valence-corrected chi connectivity index (χ0v) is 14.3. The minimum Gasteiger partial charge on any atom is -0.493 e. The van der Waals surface area contributed by atoms with E-state index in [1.165, 1.54) is 19.1 Å². The Hall–Kier alpha value is -2.71. The molecule has 1 saturated heterocycles. The molecule has 1 aromatic carbocycles. The van der Waals surface area contributed by atoms with Crippen molar-refractivity contribution >= 4 is 17.4 Å². The van der Waals surface area contributed by atoms with E-state index >= 15 is 0 Å². The molecule has 26 heavy (non-hydrogen) atoms. The molecule has 0 bridgehead atoms. The van der Waals surface area contributed by atoms with Gasteiger partial charge in [-0.15, -0.1) is 0 Å². The number of hydrogen-bond acceptors (Lipinski definition) is 5. The zero-order valence-electron chi connectivity index (χ0n) is 14.3. The maximum Gasteiger partial charge on any atom is 0.454 e. The number of methoxy groups -OCH3 is 2. The Morgan fingerprint density at radius 1 is 1.23 bits per heavy atom. The van der Waals surface area contributed by atoms with Crippen LogP contribution < -0.4 is 14.8 Å². The second kappa shape index (κ2) is 8.11. The fraction of sp³-hybridized carbons (Fsp3) is 0.412. The third kappa shape index (κ3) is 4.68. The number of nitrogens with one attached hydrogen (secondary N) is 1. The summed E-state index contributed by atoms with van der Waals surface area (Å²) in [6.07, 6.45) is -2.34. The van der Waals surface area contributed by atoms with Gasteiger partial charge < -0.3 is 19.7 Å². The minimum atomic E-state index is -4.92. The van der Waals surface area contributed by atoms with E-state index in [4.69, 9.17) is 9.47 Å². The summed E-state index contributed by atoms with van der Waals surface area (Å²) in [6.45, 7) is 0.395. The maximum atomic E-state index is 12.5. The highest BCUT2D eigenvalue weighted by Crippen LogP contribution is 2.30.